The zero-order valence-corrected chi connectivity index (χ0v) is 18.9. The van der Waals surface area contributed by atoms with Crippen LogP contribution in [-0.2, 0) is 19.6 Å². The maximum atomic E-state index is 12.5. The van der Waals surface area contributed by atoms with Gasteiger partial charge in [0.15, 0.2) is 6.10 Å². The highest BCUT2D eigenvalue weighted by Crippen LogP contribution is 2.27. The number of nitrogens with zero attached hydrogens (tertiary/aromatic N) is 2. The van der Waals surface area contributed by atoms with Crippen LogP contribution in [0.1, 0.15) is 25.3 Å². The van der Waals surface area contributed by atoms with Gasteiger partial charge < -0.3 is 15.0 Å². The lowest BCUT2D eigenvalue weighted by atomic mass is 10.1. The van der Waals surface area contributed by atoms with Crippen molar-refractivity contribution >= 4 is 38.9 Å². The van der Waals surface area contributed by atoms with E-state index in [2.05, 4.69) is 5.32 Å². The lowest BCUT2D eigenvalue weighted by Crippen LogP contribution is -2.30. The van der Waals surface area contributed by atoms with Crippen LogP contribution >= 0.6 is 0 Å². The first-order chi connectivity index (χ1) is 14.6. The summed E-state index contributed by atoms with van der Waals surface area (Å²) in [6.07, 6.45) is 1.79. The molecule has 8 nitrogen and oxygen atoms in total. The van der Waals surface area contributed by atoms with E-state index in [-0.39, 0.29) is 11.8 Å². The Morgan fingerprint density at radius 2 is 1.87 bits per heavy atom. The molecule has 9 heteroatoms. The molecule has 0 unspecified atom stereocenters. The number of nitrogens with one attached hydrogen (secondary N) is 1. The van der Waals surface area contributed by atoms with E-state index in [9.17, 15) is 18.0 Å². The monoisotopic (exact) mass is 445 g/mol. The summed E-state index contributed by atoms with van der Waals surface area (Å²) in [5.74, 6) is 0.254. The van der Waals surface area contributed by atoms with Crippen LogP contribution in [0, 0.1) is 6.92 Å². The third-order valence-corrected chi connectivity index (χ3v) is 6.41. The van der Waals surface area contributed by atoms with Gasteiger partial charge in [0.05, 0.1) is 11.9 Å². The van der Waals surface area contributed by atoms with E-state index in [4.69, 9.17) is 4.74 Å². The van der Waals surface area contributed by atoms with Gasteiger partial charge in [0.25, 0.3) is 5.91 Å². The lowest BCUT2D eigenvalue weighted by Gasteiger charge is -2.20. The molecule has 31 heavy (non-hydrogen) atoms. The Bertz CT molecular complexity index is 1080. The minimum absolute atomic E-state index is 0.121. The molecule has 0 bridgehead atoms. The van der Waals surface area contributed by atoms with Gasteiger partial charge in [-0.1, -0.05) is 0 Å². The van der Waals surface area contributed by atoms with Crippen molar-refractivity contribution in [3.05, 3.63) is 48.0 Å². The number of ether oxygens (including phenoxy) is 1. The third kappa shape index (κ3) is 5.35. The van der Waals surface area contributed by atoms with Gasteiger partial charge >= 0.3 is 0 Å². The van der Waals surface area contributed by atoms with Crippen LogP contribution in [0.3, 0.4) is 0 Å². The zero-order valence-electron chi connectivity index (χ0n) is 18.1. The van der Waals surface area contributed by atoms with Gasteiger partial charge in [-0.3, -0.25) is 13.9 Å². The molecule has 1 aliphatic heterocycles. The van der Waals surface area contributed by atoms with Gasteiger partial charge in [-0.05, 0) is 68.3 Å². The van der Waals surface area contributed by atoms with Gasteiger partial charge in [-0.15, -0.1) is 0 Å². The fraction of sp³-hybridized carbons (Fsp3) is 0.364. The molecule has 0 radical (unpaired) electrons. The second-order valence-corrected chi connectivity index (χ2v) is 9.64. The second kappa shape index (κ2) is 8.97. The Hall–Kier alpha value is -3.07. The summed E-state index contributed by atoms with van der Waals surface area (Å²) in [6.45, 7) is 4.26. The van der Waals surface area contributed by atoms with Crippen LogP contribution in [0.25, 0.3) is 0 Å². The van der Waals surface area contributed by atoms with Crippen LogP contribution in [0.2, 0.25) is 0 Å². The number of benzene rings is 2. The maximum Gasteiger partial charge on any atom is 0.265 e. The summed E-state index contributed by atoms with van der Waals surface area (Å²) in [6, 6.07) is 11.9. The van der Waals surface area contributed by atoms with Crippen molar-refractivity contribution in [2.24, 2.45) is 0 Å². The fourth-order valence-corrected chi connectivity index (χ4v) is 3.87. The molecular weight excluding hydrogens is 418 g/mol. The number of rotatable bonds is 7. The predicted molar refractivity (Wildman–Crippen MR) is 121 cm³/mol. The first-order valence-electron chi connectivity index (χ1n) is 9.99. The van der Waals surface area contributed by atoms with Crippen LogP contribution in [0.4, 0.5) is 17.1 Å². The summed E-state index contributed by atoms with van der Waals surface area (Å²) in [7, 11) is -1.88. The fourth-order valence-electron chi connectivity index (χ4n) is 3.37. The number of carbonyl (C=O) groups is 2. The van der Waals surface area contributed by atoms with Gasteiger partial charge in [0.1, 0.15) is 5.75 Å². The first kappa shape index (κ1) is 22.6. The third-order valence-electron chi connectivity index (χ3n) is 5.21. The number of hydrogen-bond donors (Lipinski definition) is 1. The Morgan fingerprint density at radius 3 is 2.42 bits per heavy atom. The van der Waals surface area contributed by atoms with E-state index < -0.39 is 16.1 Å². The summed E-state index contributed by atoms with van der Waals surface area (Å²) in [5, 5.41) is 2.83. The Labute approximate surface area is 182 Å². The van der Waals surface area contributed by atoms with Gasteiger partial charge in [0, 0.05) is 31.4 Å². The number of hydrogen-bond acceptors (Lipinski definition) is 5. The van der Waals surface area contributed by atoms with E-state index in [1.165, 1.54) is 7.05 Å². The van der Waals surface area contributed by atoms with Crippen molar-refractivity contribution in [1.29, 1.82) is 0 Å². The molecule has 1 heterocycles. The molecule has 1 atom stereocenters. The molecule has 1 N–H and O–H groups in total. The molecule has 2 aromatic carbocycles. The van der Waals surface area contributed by atoms with Gasteiger partial charge in [-0.2, -0.15) is 0 Å². The van der Waals surface area contributed by atoms with Crippen LogP contribution in [0.15, 0.2) is 42.5 Å². The van der Waals surface area contributed by atoms with Crippen LogP contribution < -0.4 is 19.3 Å². The Balaban J connectivity index is 1.62. The average Bonchev–Trinajstić information content (AvgIpc) is 3.13. The molecular formula is C22H27N3O5S. The average molecular weight is 446 g/mol. The van der Waals surface area contributed by atoms with E-state index in [0.717, 1.165) is 34.8 Å². The van der Waals surface area contributed by atoms with E-state index in [1.54, 1.807) is 42.2 Å². The molecule has 0 saturated carbocycles. The minimum Gasteiger partial charge on any atom is -0.481 e. The molecule has 0 aliphatic carbocycles. The minimum atomic E-state index is -3.35. The van der Waals surface area contributed by atoms with Gasteiger partial charge in [0.2, 0.25) is 15.9 Å². The molecule has 2 amide bonds. The molecule has 1 aliphatic rings. The normalized spacial score (nSPS) is 15.0. The largest absolute Gasteiger partial charge is 0.481 e. The van der Waals surface area contributed by atoms with Crippen molar-refractivity contribution in [1.82, 2.24) is 0 Å². The van der Waals surface area contributed by atoms with Crippen molar-refractivity contribution in [2.75, 3.05) is 34.4 Å². The van der Waals surface area contributed by atoms with Crippen molar-refractivity contribution < 1.29 is 22.7 Å². The highest BCUT2D eigenvalue weighted by molar-refractivity contribution is 7.92. The quantitative estimate of drug-likeness (QED) is 0.707. The van der Waals surface area contributed by atoms with E-state index >= 15 is 0 Å². The number of aryl methyl sites for hydroxylation is 1. The van der Waals surface area contributed by atoms with Crippen LogP contribution in [0.5, 0.6) is 5.75 Å². The van der Waals surface area contributed by atoms with E-state index in [0.29, 0.717) is 23.5 Å². The van der Waals surface area contributed by atoms with Crippen LogP contribution in [-0.4, -0.2) is 46.2 Å². The number of carbonyl (C=O) groups excluding carboxylic acids is 2. The maximum absolute atomic E-state index is 12.5. The van der Waals surface area contributed by atoms with Gasteiger partial charge in [-0.25, -0.2) is 8.42 Å². The van der Waals surface area contributed by atoms with Crippen molar-refractivity contribution in [3.8, 4) is 5.75 Å². The van der Waals surface area contributed by atoms with Crippen molar-refractivity contribution in [2.45, 2.75) is 32.8 Å². The SMILES string of the molecule is Cc1cc(NC(=O)[C@H](C)Oc2ccc(N(C)S(C)(=O)=O)cc2)ccc1N1CCCC1=O. The lowest BCUT2D eigenvalue weighted by molar-refractivity contribution is -0.122. The summed E-state index contributed by atoms with van der Waals surface area (Å²) in [5.41, 5.74) is 2.90. The second-order valence-electron chi connectivity index (χ2n) is 7.62. The smallest absolute Gasteiger partial charge is 0.265 e. The Kier molecular flexibility index (Phi) is 6.54. The van der Waals surface area contributed by atoms with Crippen molar-refractivity contribution in [3.63, 3.8) is 0 Å². The molecule has 166 valence electrons. The summed E-state index contributed by atoms with van der Waals surface area (Å²) < 4.78 is 30.1. The summed E-state index contributed by atoms with van der Waals surface area (Å²) >= 11 is 0. The topological polar surface area (TPSA) is 96.0 Å². The molecule has 0 spiro atoms. The standard InChI is InChI=1S/C22H27N3O5S/c1-15-14-17(7-12-20(15)25-13-5-6-21(25)26)23-22(27)16(2)30-19-10-8-18(9-11-19)24(3)31(4,28)29/h7-12,14,16H,5-6,13H2,1-4H3,(H,23,27)/t16-/m0/s1. The Morgan fingerprint density at radius 1 is 1.19 bits per heavy atom. The molecule has 2 aromatic rings. The van der Waals surface area contributed by atoms with E-state index in [1.807, 2.05) is 19.1 Å². The number of sulfonamides is 1. The highest BCUT2D eigenvalue weighted by atomic mass is 32.2. The molecule has 1 saturated heterocycles. The highest BCUT2D eigenvalue weighted by Gasteiger charge is 2.23. The number of amides is 2. The predicted octanol–water partition coefficient (Wildman–Crippen LogP) is 2.92. The molecule has 3 rings (SSSR count). The number of anilines is 3. The first-order valence-corrected chi connectivity index (χ1v) is 11.8. The molecule has 1 fully saturated rings. The zero-order chi connectivity index (χ0) is 22.8. The molecule has 0 aromatic heterocycles. The summed E-state index contributed by atoms with van der Waals surface area (Å²) in [4.78, 5) is 26.3.